The summed E-state index contributed by atoms with van der Waals surface area (Å²) in [6, 6.07) is 9.38. The topological polar surface area (TPSA) is 75.1 Å². The van der Waals surface area contributed by atoms with Crippen LogP contribution in [0.2, 0.25) is 0 Å². The average molecular weight is 305 g/mol. The fourth-order valence-corrected chi connectivity index (χ4v) is 2.78. The lowest BCUT2D eigenvalue weighted by Gasteiger charge is -2.18. The van der Waals surface area contributed by atoms with Gasteiger partial charge in [-0.2, -0.15) is 0 Å². The first-order valence-electron chi connectivity index (χ1n) is 6.95. The van der Waals surface area contributed by atoms with Crippen LogP contribution >= 0.6 is 11.3 Å². The summed E-state index contributed by atoms with van der Waals surface area (Å²) in [5.41, 5.74) is 1.16. The van der Waals surface area contributed by atoms with Gasteiger partial charge in [0.15, 0.2) is 0 Å². The quantitative estimate of drug-likeness (QED) is 0.822. The molecule has 2 rings (SSSR count). The van der Waals surface area contributed by atoms with Crippen molar-refractivity contribution in [3.05, 3.63) is 40.9 Å². The normalized spacial score (nSPS) is 13.6. The highest BCUT2D eigenvalue weighted by atomic mass is 32.1. The van der Waals surface area contributed by atoms with Crippen molar-refractivity contribution in [1.82, 2.24) is 10.2 Å². The highest BCUT2D eigenvalue weighted by molar-refractivity contribution is 7.15. The zero-order valence-electron chi connectivity index (χ0n) is 12.1. The maximum absolute atomic E-state index is 11.3. The van der Waals surface area contributed by atoms with E-state index >= 15 is 0 Å². The number of hydrogen-bond acceptors (Lipinski definition) is 5. The third kappa shape index (κ3) is 4.26. The Morgan fingerprint density at radius 1 is 1.33 bits per heavy atom. The molecule has 0 saturated carbocycles. The van der Waals surface area contributed by atoms with E-state index in [0.717, 1.165) is 17.0 Å². The molecular weight excluding hydrogens is 286 g/mol. The van der Waals surface area contributed by atoms with Crippen molar-refractivity contribution in [2.45, 2.75) is 32.7 Å². The first-order chi connectivity index (χ1) is 10.1. The van der Waals surface area contributed by atoms with Gasteiger partial charge in [0.25, 0.3) is 0 Å². The molecule has 0 aliphatic rings. The van der Waals surface area contributed by atoms with Crippen LogP contribution in [0.25, 0.3) is 0 Å². The van der Waals surface area contributed by atoms with Crippen LogP contribution < -0.4 is 5.32 Å². The Morgan fingerprint density at radius 2 is 2.05 bits per heavy atom. The van der Waals surface area contributed by atoms with E-state index in [1.165, 1.54) is 11.3 Å². The zero-order valence-corrected chi connectivity index (χ0v) is 12.9. The Morgan fingerprint density at radius 3 is 2.67 bits per heavy atom. The second kappa shape index (κ2) is 7.17. The van der Waals surface area contributed by atoms with Gasteiger partial charge in [0, 0.05) is 6.42 Å². The van der Waals surface area contributed by atoms with Gasteiger partial charge in [0.2, 0.25) is 5.13 Å². The van der Waals surface area contributed by atoms with Crippen LogP contribution in [0.15, 0.2) is 30.3 Å². The molecule has 112 valence electrons. The standard InChI is InChI=1S/C15H19N3O2S/c1-3-10(2)13(14(19)20)16-15-18-17-12(21-15)9-11-7-5-4-6-8-11/h4-8,10,13H,3,9H2,1-2H3,(H,16,18)(H,19,20)/t10-,13-/m0/s1. The first-order valence-corrected chi connectivity index (χ1v) is 7.77. The number of aliphatic carboxylic acids is 1. The van der Waals surface area contributed by atoms with E-state index in [1.54, 1.807) is 0 Å². The molecule has 2 N–H and O–H groups in total. The molecule has 2 aromatic rings. The lowest BCUT2D eigenvalue weighted by atomic mass is 10.00. The fraction of sp³-hybridized carbons (Fsp3) is 0.400. The maximum Gasteiger partial charge on any atom is 0.326 e. The summed E-state index contributed by atoms with van der Waals surface area (Å²) in [5, 5.41) is 21.9. The molecule has 0 amide bonds. The molecule has 2 atom stereocenters. The summed E-state index contributed by atoms with van der Waals surface area (Å²) in [7, 11) is 0. The van der Waals surface area contributed by atoms with Crippen molar-refractivity contribution in [1.29, 1.82) is 0 Å². The number of rotatable bonds is 7. The largest absolute Gasteiger partial charge is 0.480 e. The summed E-state index contributed by atoms with van der Waals surface area (Å²) < 4.78 is 0. The van der Waals surface area contributed by atoms with Gasteiger partial charge in [0.05, 0.1) is 0 Å². The van der Waals surface area contributed by atoms with Crippen LogP contribution in [-0.2, 0) is 11.2 Å². The van der Waals surface area contributed by atoms with E-state index in [2.05, 4.69) is 15.5 Å². The van der Waals surface area contributed by atoms with Gasteiger partial charge in [0.1, 0.15) is 11.0 Å². The number of nitrogens with one attached hydrogen (secondary N) is 1. The molecule has 6 heteroatoms. The smallest absolute Gasteiger partial charge is 0.326 e. The van der Waals surface area contributed by atoms with Crippen LogP contribution in [0.3, 0.4) is 0 Å². The van der Waals surface area contributed by atoms with Crippen molar-refractivity contribution < 1.29 is 9.90 Å². The summed E-state index contributed by atoms with van der Waals surface area (Å²) in [5.74, 6) is -0.826. The summed E-state index contributed by atoms with van der Waals surface area (Å²) in [6.45, 7) is 3.89. The molecule has 1 heterocycles. The highest BCUT2D eigenvalue weighted by Crippen LogP contribution is 2.21. The zero-order chi connectivity index (χ0) is 15.2. The van der Waals surface area contributed by atoms with Crippen LogP contribution in [0.4, 0.5) is 5.13 Å². The molecule has 0 aliphatic heterocycles. The number of carboxylic acid groups (broad SMARTS) is 1. The summed E-state index contributed by atoms with van der Waals surface area (Å²) in [4.78, 5) is 11.3. The fourth-order valence-electron chi connectivity index (χ4n) is 1.97. The maximum atomic E-state index is 11.3. The molecule has 0 bridgehead atoms. The Kier molecular flexibility index (Phi) is 5.27. The Balaban J connectivity index is 2.04. The second-order valence-electron chi connectivity index (χ2n) is 5.01. The Bertz CT molecular complexity index is 586. The van der Waals surface area contributed by atoms with Gasteiger partial charge >= 0.3 is 5.97 Å². The predicted molar refractivity (Wildman–Crippen MR) is 83.7 cm³/mol. The second-order valence-corrected chi connectivity index (χ2v) is 6.07. The van der Waals surface area contributed by atoms with Crippen molar-refractivity contribution in [3.8, 4) is 0 Å². The molecular formula is C15H19N3O2S. The van der Waals surface area contributed by atoms with E-state index in [4.69, 9.17) is 0 Å². The van der Waals surface area contributed by atoms with Gasteiger partial charge in [-0.25, -0.2) is 4.79 Å². The number of carboxylic acids is 1. The molecule has 5 nitrogen and oxygen atoms in total. The molecule has 0 aliphatic carbocycles. The molecule has 0 fully saturated rings. The lowest BCUT2D eigenvalue weighted by Crippen LogP contribution is -2.35. The third-order valence-corrected chi connectivity index (χ3v) is 4.28. The Labute approximate surface area is 128 Å². The van der Waals surface area contributed by atoms with Crippen LogP contribution in [0.1, 0.15) is 30.8 Å². The van der Waals surface area contributed by atoms with Crippen LogP contribution in [-0.4, -0.2) is 27.3 Å². The third-order valence-electron chi connectivity index (χ3n) is 3.42. The van der Waals surface area contributed by atoms with E-state index in [0.29, 0.717) is 11.6 Å². The minimum atomic E-state index is -0.857. The van der Waals surface area contributed by atoms with Gasteiger partial charge in [-0.15, -0.1) is 10.2 Å². The van der Waals surface area contributed by atoms with Gasteiger partial charge in [-0.1, -0.05) is 61.9 Å². The highest BCUT2D eigenvalue weighted by Gasteiger charge is 2.24. The molecule has 0 radical (unpaired) electrons. The molecule has 21 heavy (non-hydrogen) atoms. The van der Waals surface area contributed by atoms with E-state index < -0.39 is 12.0 Å². The van der Waals surface area contributed by atoms with Crippen molar-refractivity contribution in [2.75, 3.05) is 5.32 Å². The molecule has 1 aromatic carbocycles. The molecule has 0 unspecified atom stereocenters. The Hall–Kier alpha value is -1.95. The average Bonchev–Trinajstić information content (AvgIpc) is 2.92. The monoisotopic (exact) mass is 305 g/mol. The summed E-state index contributed by atoms with van der Waals surface area (Å²) >= 11 is 1.40. The number of nitrogens with zero attached hydrogens (tertiary/aromatic N) is 2. The van der Waals surface area contributed by atoms with Crippen LogP contribution in [0, 0.1) is 5.92 Å². The van der Waals surface area contributed by atoms with E-state index in [1.807, 2.05) is 44.2 Å². The predicted octanol–water partition coefficient (Wildman–Crippen LogP) is 3.04. The SMILES string of the molecule is CC[C@H](C)[C@H](Nc1nnc(Cc2ccccc2)s1)C(=O)O. The molecule has 0 saturated heterocycles. The molecule has 0 spiro atoms. The van der Waals surface area contributed by atoms with Gasteiger partial charge < -0.3 is 10.4 Å². The van der Waals surface area contributed by atoms with E-state index in [-0.39, 0.29) is 5.92 Å². The number of hydrogen-bond donors (Lipinski definition) is 2. The lowest BCUT2D eigenvalue weighted by molar-refractivity contribution is -0.139. The van der Waals surface area contributed by atoms with Gasteiger partial charge in [-0.3, -0.25) is 0 Å². The number of benzene rings is 1. The number of anilines is 1. The number of carbonyl (C=O) groups is 1. The van der Waals surface area contributed by atoms with Gasteiger partial charge in [-0.05, 0) is 11.5 Å². The van der Waals surface area contributed by atoms with Crippen LogP contribution in [0.5, 0.6) is 0 Å². The first kappa shape index (κ1) is 15.4. The minimum Gasteiger partial charge on any atom is -0.480 e. The molecule has 1 aromatic heterocycles. The van der Waals surface area contributed by atoms with Crippen molar-refractivity contribution >= 4 is 22.4 Å². The van der Waals surface area contributed by atoms with Crippen molar-refractivity contribution in [3.63, 3.8) is 0 Å². The van der Waals surface area contributed by atoms with Crippen molar-refractivity contribution in [2.24, 2.45) is 5.92 Å². The summed E-state index contributed by atoms with van der Waals surface area (Å²) in [6.07, 6.45) is 1.50. The minimum absolute atomic E-state index is 0.0315. The number of aromatic nitrogens is 2. The van der Waals surface area contributed by atoms with E-state index in [9.17, 15) is 9.90 Å².